The van der Waals surface area contributed by atoms with Crippen molar-refractivity contribution in [2.45, 2.75) is 32.2 Å². The van der Waals surface area contributed by atoms with Crippen molar-refractivity contribution in [2.75, 3.05) is 0 Å². The minimum Gasteiger partial charge on any atom is -0.347 e. The Morgan fingerprint density at radius 3 is 2.29 bits per heavy atom. The number of hydrogen-bond acceptors (Lipinski definition) is 1. The minimum atomic E-state index is -0.0421. The summed E-state index contributed by atoms with van der Waals surface area (Å²) in [6.45, 7) is 3.65. The van der Waals surface area contributed by atoms with Gasteiger partial charge in [-0.15, -0.1) is 0 Å². The third kappa shape index (κ3) is 1.65. The first kappa shape index (κ1) is 9.25. The van der Waals surface area contributed by atoms with E-state index in [0.717, 1.165) is 12.8 Å². The fourth-order valence-electron chi connectivity index (χ4n) is 1.82. The molecule has 0 aromatic heterocycles. The van der Waals surface area contributed by atoms with Gasteiger partial charge >= 0.3 is 0 Å². The smallest absolute Gasteiger partial charge is 0.217 e. The molecule has 1 aliphatic carbocycles. The van der Waals surface area contributed by atoms with E-state index < -0.39 is 0 Å². The standard InChI is InChI=1S/C12H15NO/c1-9-3-5-11(6-4-9)12(7-8-12)13-10(2)14/h3-6H,7-8H2,1-2H3,(H,13,14). The van der Waals surface area contributed by atoms with Gasteiger partial charge in [-0.3, -0.25) is 4.79 Å². The van der Waals surface area contributed by atoms with Crippen LogP contribution < -0.4 is 5.32 Å². The normalized spacial score (nSPS) is 17.6. The fraction of sp³-hybridized carbons (Fsp3) is 0.417. The van der Waals surface area contributed by atoms with E-state index in [1.807, 2.05) is 0 Å². The van der Waals surface area contributed by atoms with Crippen molar-refractivity contribution in [3.63, 3.8) is 0 Å². The maximum Gasteiger partial charge on any atom is 0.217 e. The van der Waals surface area contributed by atoms with Crippen LogP contribution in [0.5, 0.6) is 0 Å². The van der Waals surface area contributed by atoms with Crippen LogP contribution in [0.4, 0.5) is 0 Å². The first-order valence-corrected chi connectivity index (χ1v) is 4.98. The summed E-state index contributed by atoms with van der Waals surface area (Å²) in [4.78, 5) is 11.0. The lowest BCUT2D eigenvalue weighted by Gasteiger charge is -2.16. The Bertz CT molecular complexity index is 349. The van der Waals surface area contributed by atoms with Gasteiger partial charge in [0.1, 0.15) is 0 Å². The van der Waals surface area contributed by atoms with Gasteiger partial charge in [0.2, 0.25) is 5.91 Å². The summed E-state index contributed by atoms with van der Waals surface area (Å²) in [5, 5.41) is 3.03. The van der Waals surface area contributed by atoms with Crippen molar-refractivity contribution in [1.82, 2.24) is 5.32 Å². The second-order valence-electron chi connectivity index (χ2n) is 4.13. The third-order valence-corrected chi connectivity index (χ3v) is 2.77. The first-order chi connectivity index (χ1) is 6.62. The van der Waals surface area contributed by atoms with Gasteiger partial charge < -0.3 is 5.32 Å². The molecule has 1 fully saturated rings. The lowest BCUT2D eigenvalue weighted by atomic mass is 10.0. The maximum absolute atomic E-state index is 11.0. The van der Waals surface area contributed by atoms with Gasteiger partial charge in [-0.2, -0.15) is 0 Å². The number of aryl methyl sites for hydroxylation is 1. The van der Waals surface area contributed by atoms with E-state index in [9.17, 15) is 4.79 Å². The molecular weight excluding hydrogens is 174 g/mol. The lowest BCUT2D eigenvalue weighted by Crippen LogP contribution is -2.32. The Labute approximate surface area is 84.3 Å². The quantitative estimate of drug-likeness (QED) is 0.758. The van der Waals surface area contributed by atoms with Crippen LogP contribution in [-0.2, 0) is 10.3 Å². The molecule has 1 aromatic carbocycles. The van der Waals surface area contributed by atoms with Crippen molar-refractivity contribution in [2.24, 2.45) is 0 Å². The summed E-state index contributed by atoms with van der Waals surface area (Å²) >= 11 is 0. The van der Waals surface area contributed by atoms with Crippen LogP contribution >= 0.6 is 0 Å². The van der Waals surface area contributed by atoms with Gasteiger partial charge in [-0.1, -0.05) is 29.8 Å². The number of carbonyl (C=O) groups is 1. The van der Waals surface area contributed by atoms with Crippen LogP contribution in [0.15, 0.2) is 24.3 Å². The second-order valence-corrected chi connectivity index (χ2v) is 4.13. The molecule has 1 aliphatic rings. The van der Waals surface area contributed by atoms with Crippen molar-refractivity contribution in [3.05, 3.63) is 35.4 Å². The summed E-state index contributed by atoms with van der Waals surface area (Å²) in [6.07, 6.45) is 2.13. The van der Waals surface area contributed by atoms with Gasteiger partial charge in [-0.25, -0.2) is 0 Å². The van der Waals surface area contributed by atoms with Crippen LogP contribution in [0.3, 0.4) is 0 Å². The highest BCUT2D eigenvalue weighted by Crippen LogP contribution is 2.45. The van der Waals surface area contributed by atoms with Crippen LogP contribution in [0.25, 0.3) is 0 Å². The minimum absolute atomic E-state index is 0.0421. The molecule has 14 heavy (non-hydrogen) atoms. The number of benzene rings is 1. The van der Waals surface area contributed by atoms with E-state index in [1.165, 1.54) is 11.1 Å². The van der Waals surface area contributed by atoms with E-state index >= 15 is 0 Å². The number of carbonyl (C=O) groups excluding carboxylic acids is 1. The Balaban J connectivity index is 2.22. The fourth-order valence-corrected chi connectivity index (χ4v) is 1.82. The molecule has 1 saturated carbocycles. The monoisotopic (exact) mass is 189 g/mol. The zero-order valence-electron chi connectivity index (χ0n) is 8.63. The molecule has 0 atom stereocenters. The summed E-state index contributed by atoms with van der Waals surface area (Å²) in [5.41, 5.74) is 2.45. The molecule has 0 radical (unpaired) electrons. The molecule has 0 saturated heterocycles. The van der Waals surface area contributed by atoms with Crippen molar-refractivity contribution >= 4 is 5.91 Å². The van der Waals surface area contributed by atoms with Gasteiger partial charge in [0.15, 0.2) is 0 Å². The molecule has 1 amide bonds. The number of rotatable bonds is 2. The molecule has 2 nitrogen and oxygen atoms in total. The summed E-state index contributed by atoms with van der Waals surface area (Å²) in [5.74, 6) is 0.0584. The third-order valence-electron chi connectivity index (χ3n) is 2.77. The van der Waals surface area contributed by atoms with Gasteiger partial charge in [0.25, 0.3) is 0 Å². The number of hydrogen-bond donors (Lipinski definition) is 1. The van der Waals surface area contributed by atoms with E-state index in [2.05, 4.69) is 36.5 Å². The molecule has 0 spiro atoms. The molecule has 1 N–H and O–H groups in total. The predicted molar refractivity (Wildman–Crippen MR) is 55.9 cm³/mol. The highest BCUT2D eigenvalue weighted by atomic mass is 16.1. The summed E-state index contributed by atoms with van der Waals surface area (Å²) < 4.78 is 0. The van der Waals surface area contributed by atoms with E-state index in [1.54, 1.807) is 6.92 Å². The van der Waals surface area contributed by atoms with E-state index in [0.29, 0.717) is 0 Å². The highest BCUT2D eigenvalue weighted by Gasteiger charge is 2.44. The summed E-state index contributed by atoms with van der Waals surface area (Å²) in [6, 6.07) is 8.41. The lowest BCUT2D eigenvalue weighted by molar-refractivity contribution is -0.120. The van der Waals surface area contributed by atoms with Gasteiger partial charge in [-0.05, 0) is 25.3 Å². The van der Waals surface area contributed by atoms with Crippen molar-refractivity contribution < 1.29 is 4.79 Å². The molecule has 2 heteroatoms. The van der Waals surface area contributed by atoms with E-state index in [-0.39, 0.29) is 11.4 Å². The molecule has 1 aromatic rings. The molecule has 0 bridgehead atoms. The van der Waals surface area contributed by atoms with Crippen LogP contribution in [0.1, 0.15) is 30.9 Å². The zero-order valence-corrected chi connectivity index (χ0v) is 8.63. The Morgan fingerprint density at radius 1 is 1.29 bits per heavy atom. The summed E-state index contributed by atoms with van der Waals surface area (Å²) in [7, 11) is 0. The first-order valence-electron chi connectivity index (χ1n) is 4.98. The van der Waals surface area contributed by atoms with Crippen LogP contribution in [0, 0.1) is 6.92 Å². The van der Waals surface area contributed by atoms with Gasteiger partial charge in [0.05, 0.1) is 5.54 Å². The van der Waals surface area contributed by atoms with Gasteiger partial charge in [0, 0.05) is 6.92 Å². The predicted octanol–water partition coefficient (Wildman–Crippen LogP) is 2.12. The van der Waals surface area contributed by atoms with Crippen molar-refractivity contribution in [1.29, 1.82) is 0 Å². The topological polar surface area (TPSA) is 29.1 Å². The Hall–Kier alpha value is -1.31. The van der Waals surface area contributed by atoms with Crippen LogP contribution in [-0.4, -0.2) is 5.91 Å². The largest absolute Gasteiger partial charge is 0.347 e. The maximum atomic E-state index is 11.0. The molecule has 0 aliphatic heterocycles. The highest BCUT2D eigenvalue weighted by molar-refractivity contribution is 5.74. The molecule has 74 valence electrons. The molecule has 0 heterocycles. The molecule has 0 unspecified atom stereocenters. The SMILES string of the molecule is CC(=O)NC1(c2ccc(C)cc2)CC1. The second kappa shape index (κ2) is 3.12. The van der Waals surface area contributed by atoms with Crippen molar-refractivity contribution in [3.8, 4) is 0 Å². The number of amides is 1. The Morgan fingerprint density at radius 2 is 1.86 bits per heavy atom. The Kier molecular flexibility index (Phi) is 2.06. The van der Waals surface area contributed by atoms with E-state index in [4.69, 9.17) is 0 Å². The average molecular weight is 189 g/mol. The van der Waals surface area contributed by atoms with Crippen LogP contribution in [0.2, 0.25) is 0 Å². The number of nitrogens with one attached hydrogen (secondary N) is 1. The zero-order chi connectivity index (χ0) is 10.2. The average Bonchev–Trinajstić information content (AvgIpc) is 2.85. The molecule has 2 rings (SSSR count). The molecular formula is C12H15NO.